The van der Waals surface area contributed by atoms with Gasteiger partial charge in [-0.15, -0.1) is 6.58 Å². The average Bonchev–Trinajstić information content (AvgIpc) is 2.01. The molecule has 14 heavy (non-hydrogen) atoms. The molecule has 0 amide bonds. The predicted octanol–water partition coefficient (Wildman–Crippen LogP) is 1.98. The summed E-state index contributed by atoms with van der Waals surface area (Å²) in [5.74, 6) is 0.0775. The van der Waals surface area contributed by atoms with Crippen LogP contribution < -0.4 is 5.73 Å². The molecule has 0 aliphatic rings. The lowest BCUT2D eigenvalue weighted by atomic mass is 10.0. The molecule has 0 radical (unpaired) electrons. The van der Waals surface area contributed by atoms with E-state index in [9.17, 15) is 10.2 Å². The Morgan fingerprint density at radius 3 is 2.36 bits per heavy atom. The van der Waals surface area contributed by atoms with Crippen molar-refractivity contribution >= 4 is 0 Å². The Hall–Kier alpha value is -1.48. The van der Waals surface area contributed by atoms with Gasteiger partial charge in [0.2, 0.25) is 0 Å². The van der Waals surface area contributed by atoms with Crippen LogP contribution >= 0.6 is 0 Å². The highest BCUT2D eigenvalue weighted by atomic mass is 16.3. The second kappa shape index (κ2) is 4.15. The number of nitrogens with two attached hydrogens (primary N) is 1. The van der Waals surface area contributed by atoms with Crippen molar-refractivity contribution in [3.05, 3.63) is 35.9 Å². The summed E-state index contributed by atoms with van der Waals surface area (Å²) in [6.07, 6.45) is 2.17. The Morgan fingerprint density at radius 2 is 1.93 bits per heavy atom. The summed E-state index contributed by atoms with van der Waals surface area (Å²) in [5, 5.41) is 19.2. The highest BCUT2D eigenvalue weighted by molar-refractivity contribution is 5.48. The van der Waals surface area contributed by atoms with Crippen molar-refractivity contribution in [2.75, 3.05) is 0 Å². The fourth-order valence-electron chi connectivity index (χ4n) is 1.44. The third kappa shape index (κ3) is 2.06. The topological polar surface area (TPSA) is 66.5 Å². The molecular weight excluding hydrogens is 178 g/mol. The molecular formula is C11H15NO2. The first-order valence-electron chi connectivity index (χ1n) is 4.45. The van der Waals surface area contributed by atoms with Crippen LogP contribution in [0.1, 0.15) is 23.6 Å². The maximum absolute atomic E-state index is 9.59. The van der Waals surface area contributed by atoms with Gasteiger partial charge in [0.05, 0.1) is 5.56 Å². The molecule has 3 nitrogen and oxygen atoms in total. The van der Waals surface area contributed by atoms with Gasteiger partial charge in [0, 0.05) is 6.04 Å². The van der Waals surface area contributed by atoms with Crippen LogP contribution in [-0.4, -0.2) is 10.2 Å². The number of benzene rings is 1. The molecule has 0 fully saturated rings. The zero-order valence-electron chi connectivity index (χ0n) is 8.20. The summed E-state index contributed by atoms with van der Waals surface area (Å²) in [6.45, 7) is 5.35. The zero-order chi connectivity index (χ0) is 10.7. The first-order chi connectivity index (χ1) is 6.56. The standard InChI is InChI=1S/C11H15NO2/c1-3-4-8(12)11-9(13)5-7(2)6-10(11)14/h3,5-6,8,13-14H,1,4,12H2,2H3/t8-/m0/s1. The molecule has 0 heterocycles. The molecule has 4 N–H and O–H groups in total. The van der Waals surface area contributed by atoms with Crippen molar-refractivity contribution in [3.8, 4) is 11.5 Å². The van der Waals surface area contributed by atoms with Gasteiger partial charge in [0.1, 0.15) is 11.5 Å². The first kappa shape index (κ1) is 10.6. The van der Waals surface area contributed by atoms with Crippen molar-refractivity contribution in [1.82, 2.24) is 0 Å². The van der Waals surface area contributed by atoms with Crippen LogP contribution in [0.15, 0.2) is 24.8 Å². The van der Waals surface area contributed by atoms with Gasteiger partial charge in [0.25, 0.3) is 0 Å². The Balaban J connectivity index is 3.13. The Bertz CT molecular complexity index is 324. The minimum Gasteiger partial charge on any atom is -0.507 e. The van der Waals surface area contributed by atoms with Crippen LogP contribution in [0.3, 0.4) is 0 Å². The Labute approximate surface area is 83.5 Å². The largest absolute Gasteiger partial charge is 0.507 e. The van der Waals surface area contributed by atoms with E-state index in [1.54, 1.807) is 25.1 Å². The van der Waals surface area contributed by atoms with Gasteiger partial charge in [-0.1, -0.05) is 6.08 Å². The monoisotopic (exact) mass is 193 g/mol. The summed E-state index contributed by atoms with van der Waals surface area (Å²) < 4.78 is 0. The van der Waals surface area contributed by atoms with Gasteiger partial charge in [0.15, 0.2) is 0 Å². The lowest BCUT2D eigenvalue weighted by Crippen LogP contribution is -2.09. The van der Waals surface area contributed by atoms with Crippen LogP contribution in [-0.2, 0) is 0 Å². The van der Waals surface area contributed by atoms with E-state index >= 15 is 0 Å². The molecule has 0 aliphatic carbocycles. The van der Waals surface area contributed by atoms with Crippen LogP contribution in [0, 0.1) is 6.92 Å². The van der Waals surface area contributed by atoms with Crippen LogP contribution in [0.4, 0.5) is 0 Å². The van der Waals surface area contributed by atoms with E-state index in [1.807, 2.05) is 0 Å². The van der Waals surface area contributed by atoms with E-state index < -0.39 is 6.04 Å². The van der Waals surface area contributed by atoms with E-state index in [-0.39, 0.29) is 11.5 Å². The van der Waals surface area contributed by atoms with Gasteiger partial charge >= 0.3 is 0 Å². The van der Waals surface area contributed by atoms with Crippen LogP contribution in [0.2, 0.25) is 0 Å². The lowest BCUT2D eigenvalue weighted by molar-refractivity contribution is 0.428. The van der Waals surface area contributed by atoms with E-state index in [0.717, 1.165) is 5.56 Å². The normalized spacial score (nSPS) is 12.4. The number of hydrogen-bond donors (Lipinski definition) is 3. The van der Waals surface area contributed by atoms with Gasteiger partial charge < -0.3 is 15.9 Å². The first-order valence-corrected chi connectivity index (χ1v) is 4.45. The number of hydrogen-bond acceptors (Lipinski definition) is 3. The van der Waals surface area contributed by atoms with Crippen LogP contribution in [0.5, 0.6) is 11.5 Å². The SMILES string of the molecule is C=CC[C@H](N)c1c(O)cc(C)cc1O. The number of phenolic OH excluding ortho intramolecular Hbond substituents is 2. The second-order valence-corrected chi connectivity index (χ2v) is 3.35. The second-order valence-electron chi connectivity index (χ2n) is 3.35. The van der Waals surface area contributed by atoms with Gasteiger partial charge in [-0.25, -0.2) is 0 Å². The third-order valence-electron chi connectivity index (χ3n) is 2.07. The summed E-state index contributed by atoms with van der Waals surface area (Å²) >= 11 is 0. The van der Waals surface area contributed by atoms with Gasteiger partial charge in [-0.2, -0.15) is 0 Å². The Morgan fingerprint density at radius 1 is 1.43 bits per heavy atom. The number of aryl methyl sites for hydroxylation is 1. The highest BCUT2D eigenvalue weighted by Gasteiger charge is 2.14. The summed E-state index contributed by atoms with van der Waals surface area (Å²) in [7, 11) is 0. The van der Waals surface area contributed by atoms with E-state index in [4.69, 9.17) is 5.73 Å². The molecule has 0 aliphatic heterocycles. The van der Waals surface area contributed by atoms with Crippen molar-refractivity contribution in [3.63, 3.8) is 0 Å². The third-order valence-corrected chi connectivity index (χ3v) is 2.07. The van der Waals surface area contributed by atoms with Gasteiger partial charge in [-0.3, -0.25) is 0 Å². The van der Waals surface area contributed by atoms with Crippen LogP contribution in [0.25, 0.3) is 0 Å². The van der Waals surface area contributed by atoms with Crippen molar-refractivity contribution < 1.29 is 10.2 Å². The molecule has 0 aromatic heterocycles. The van der Waals surface area contributed by atoms with Crippen molar-refractivity contribution in [2.24, 2.45) is 5.73 Å². The fraction of sp³-hybridized carbons (Fsp3) is 0.273. The lowest BCUT2D eigenvalue weighted by Gasteiger charge is -2.14. The Kier molecular flexibility index (Phi) is 3.14. The molecule has 0 saturated carbocycles. The van der Waals surface area contributed by atoms with E-state index in [2.05, 4.69) is 6.58 Å². The quantitative estimate of drug-likeness (QED) is 0.643. The number of aromatic hydroxyl groups is 2. The highest BCUT2D eigenvalue weighted by Crippen LogP contribution is 2.34. The molecule has 0 spiro atoms. The summed E-state index contributed by atoms with van der Waals surface area (Å²) in [5.41, 5.74) is 6.95. The summed E-state index contributed by atoms with van der Waals surface area (Å²) in [4.78, 5) is 0. The maximum Gasteiger partial charge on any atom is 0.124 e. The van der Waals surface area contributed by atoms with Crippen molar-refractivity contribution in [1.29, 1.82) is 0 Å². The van der Waals surface area contributed by atoms with E-state index in [0.29, 0.717) is 12.0 Å². The fourth-order valence-corrected chi connectivity index (χ4v) is 1.44. The molecule has 3 heteroatoms. The summed E-state index contributed by atoms with van der Waals surface area (Å²) in [6, 6.07) is 2.75. The molecule has 76 valence electrons. The molecule has 0 unspecified atom stereocenters. The number of rotatable bonds is 3. The molecule has 0 bridgehead atoms. The molecule has 0 saturated heterocycles. The molecule has 1 aromatic carbocycles. The van der Waals surface area contributed by atoms with Gasteiger partial charge in [-0.05, 0) is 31.0 Å². The smallest absolute Gasteiger partial charge is 0.124 e. The maximum atomic E-state index is 9.59. The van der Waals surface area contributed by atoms with Crippen molar-refractivity contribution in [2.45, 2.75) is 19.4 Å². The number of phenols is 2. The van der Waals surface area contributed by atoms with E-state index in [1.165, 1.54) is 0 Å². The predicted molar refractivity (Wildman–Crippen MR) is 56.3 cm³/mol. The zero-order valence-corrected chi connectivity index (χ0v) is 8.20. The molecule has 1 rings (SSSR count). The minimum absolute atomic E-state index is 0.0388. The average molecular weight is 193 g/mol. The molecule has 1 aromatic rings. The minimum atomic E-state index is -0.409. The molecule has 1 atom stereocenters.